The van der Waals surface area contributed by atoms with Gasteiger partial charge in [-0.25, -0.2) is 0 Å². The van der Waals surface area contributed by atoms with Gasteiger partial charge in [-0.05, 0) is 42.4 Å². The second-order valence-electron chi connectivity index (χ2n) is 4.97. The van der Waals surface area contributed by atoms with Crippen molar-refractivity contribution in [3.05, 3.63) is 28.3 Å². The standard InChI is InChI=1S/C15H20ClNO2/c1-3-11-8-13(9-14(19-2)15(11)16)12-4-6-17(10-18)7-5-12/h8-10,12H,3-7H2,1-2H3. The van der Waals surface area contributed by atoms with Crippen LogP contribution in [0.5, 0.6) is 5.75 Å². The van der Waals surface area contributed by atoms with Gasteiger partial charge < -0.3 is 9.64 Å². The monoisotopic (exact) mass is 281 g/mol. The first-order valence-corrected chi connectivity index (χ1v) is 7.13. The van der Waals surface area contributed by atoms with E-state index in [1.54, 1.807) is 7.11 Å². The van der Waals surface area contributed by atoms with Crippen molar-refractivity contribution in [2.75, 3.05) is 20.2 Å². The van der Waals surface area contributed by atoms with Crippen LogP contribution in [0, 0.1) is 0 Å². The Hall–Kier alpha value is -1.22. The van der Waals surface area contributed by atoms with Crippen LogP contribution < -0.4 is 4.74 Å². The molecular formula is C15H20ClNO2. The molecule has 4 heteroatoms. The maximum atomic E-state index is 10.7. The lowest BCUT2D eigenvalue weighted by molar-refractivity contribution is -0.119. The van der Waals surface area contributed by atoms with Gasteiger partial charge in [0.2, 0.25) is 6.41 Å². The average Bonchev–Trinajstić information content (AvgIpc) is 2.47. The molecule has 0 aromatic heterocycles. The van der Waals surface area contributed by atoms with Crippen molar-refractivity contribution in [1.29, 1.82) is 0 Å². The van der Waals surface area contributed by atoms with Crippen LogP contribution in [0.1, 0.15) is 36.8 Å². The van der Waals surface area contributed by atoms with Crippen LogP contribution in [0.2, 0.25) is 5.02 Å². The third-order valence-corrected chi connectivity index (χ3v) is 4.32. The first-order valence-electron chi connectivity index (χ1n) is 6.75. The third kappa shape index (κ3) is 3.03. The van der Waals surface area contributed by atoms with Crippen LogP contribution >= 0.6 is 11.6 Å². The van der Waals surface area contributed by atoms with E-state index < -0.39 is 0 Å². The predicted molar refractivity (Wildman–Crippen MR) is 77.0 cm³/mol. The molecule has 0 aliphatic carbocycles. The van der Waals surface area contributed by atoms with Crippen molar-refractivity contribution in [3.63, 3.8) is 0 Å². The van der Waals surface area contributed by atoms with E-state index in [9.17, 15) is 4.79 Å². The molecule has 1 saturated heterocycles. The molecule has 1 aromatic rings. The minimum Gasteiger partial charge on any atom is -0.495 e. The summed E-state index contributed by atoms with van der Waals surface area (Å²) in [5, 5.41) is 0.721. The van der Waals surface area contributed by atoms with E-state index in [0.717, 1.165) is 55.1 Å². The van der Waals surface area contributed by atoms with E-state index in [2.05, 4.69) is 13.0 Å². The number of halogens is 1. The quantitative estimate of drug-likeness (QED) is 0.793. The molecule has 2 rings (SSSR count). The predicted octanol–water partition coefficient (Wildman–Crippen LogP) is 3.25. The Morgan fingerprint density at radius 2 is 2.11 bits per heavy atom. The van der Waals surface area contributed by atoms with Gasteiger partial charge in [-0.3, -0.25) is 4.79 Å². The Balaban J connectivity index is 2.23. The fraction of sp³-hybridized carbons (Fsp3) is 0.533. The average molecular weight is 282 g/mol. The molecule has 1 heterocycles. The van der Waals surface area contributed by atoms with Gasteiger partial charge in [0, 0.05) is 13.1 Å². The summed E-state index contributed by atoms with van der Waals surface area (Å²) in [5.41, 5.74) is 2.41. The van der Waals surface area contributed by atoms with Crippen molar-refractivity contribution in [1.82, 2.24) is 4.90 Å². The van der Waals surface area contributed by atoms with Gasteiger partial charge in [0.15, 0.2) is 0 Å². The molecule has 3 nitrogen and oxygen atoms in total. The number of benzene rings is 1. The van der Waals surface area contributed by atoms with Gasteiger partial charge >= 0.3 is 0 Å². The molecule has 0 unspecified atom stereocenters. The molecule has 0 atom stereocenters. The van der Waals surface area contributed by atoms with Crippen LogP contribution in [0.15, 0.2) is 12.1 Å². The van der Waals surface area contributed by atoms with Crippen molar-refractivity contribution in [2.24, 2.45) is 0 Å². The minimum atomic E-state index is 0.493. The molecule has 0 saturated carbocycles. The highest BCUT2D eigenvalue weighted by Crippen LogP contribution is 2.36. The lowest BCUT2D eigenvalue weighted by atomic mass is 9.88. The second-order valence-corrected chi connectivity index (χ2v) is 5.34. The molecule has 0 N–H and O–H groups in total. The molecule has 0 spiro atoms. The summed E-state index contributed by atoms with van der Waals surface area (Å²) in [6.45, 7) is 3.76. The highest BCUT2D eigenvalue weighted by Gasteiger charge is 2.21. The first kappa shape index (κ1) is 14.2. The first-order chi connectivity index (χ1) is 9.19. The van der Waals surface area contributed by atoms with E-state index in [0.29, 0.717) is 5.92 Å². The Kier molecular flexibility index (Phi) is 4.70. The lowest BCUT2D eigenvalue weighted by Crippen LogP contribution is -2.31. The van der Waals surface area contributed by atoms with Crippen molar-refractivity contribution >= 4 is 18.0 Å². The molecule has 1 aromatic carbocycles. The fourth-order valence-electron chi connectivity index (χ4n) is 2.66. The summed E-state index contributed by atoms with van der Waals surface area (Å²) in [6.07, 6.45) is 3.85. The van der Waals surface area contributed by atoms with Crippen LogP contribution in [0.3, 0.4) is 0 Å². The smallest absolute Gasteiger partial charge is 0.209 e. The summed E-state index contributed by atoms with van der Waals surface area (Å²) in [4.78, 5) is 12.6. The number of nitrogens with zero attached hydrogens (tertiary/aromatic N) is 1. The molecule has 1 aliphatic rings. The van der Waals surface area contributed by atoms with Crippen LogP contribution in [-0.4, -0.2) is 31.5 Å². The molecule has 0 radical (unpaired) electrons. The molecule has 19 heavy (non-hydrogen) atoms. The maximum absolute atomic E-state index is 10.7. The molecule has 0 bridgehead atoms. The Morgan fingerprint density at radius 1 is 1.42 bits per heavy atom. The Labute approximate surface area is 119 Å². The summed E-state index contributed by atoms with van der Waals surface area (Å²) in [7, 11) is 1.65. The minimum absolute atomic E-state index is 0.493. The number of amides is 1. The van der Waals surface area contributed by atoms with Gasteiger partial charge in [0.05, 0.1) is 12.1 Å². The van der Waals surface area contributed by atoms with Crippen molar-refractivity contribution < 1.29 is 9.53 Å². The SMILES string of the molecule is CCc1cc(C2CCN(C=O)CC2)cc(OC)c1Cl. The van der Waals surface area contributed by atoms with E-state index >= 15 is 0 Å². The van der Waals surface area contributed by atoms with Gasteiger partial charge in [0.25, 0.3) is 0 Å². The number of hydrogen-bond donors (Lipinski definition) is 0. The molecule has 1 fully saturated rings. The Bertz CT molecular complexity index is 428. The highest BCUT2D eigenvalue weighted by atomic mass is 35.5. The third-order valence-electron chi connectivity index (χ3n) is 3.89. The second kappa shape index (κ2) is 6.29. The van der Waals surface area contributed by atoms with Gasteiger partial charge in [-0.1, -0.05) is 24.6 Å². The molecule has 104 valence electrons. The van der Waals surface area contributed by atoms with E-state index in [1.807, 2.05) is 11.0 Å². The zero-order valence-corrected chi connectivity index (χ0v) is 12.2. The number of ether oxygens (including phenoxy) is 1. The van der Waals surface area contributed by atoms with Crippen LogP contribution in [0.25, 0.3) is 0 Å². The zero-order valence-electron chi connectivity index (χ0n) is 11.5. The number of methoxy groups -OCH3 is 1. The largest absolute Gasteiger partial charge is 0.495 e. The van der Waals surface area contributed by atoms with Gasteiger partial charge in [-0.2, -0.15) is 0 Å². The lowest BCUT2D eigenvalue weighted by Gasteiger charge is -2.30. The number of piperidine rings is 1. The number of likely N-dealkylation sites (tertiary alicyclic amines) is 1. The Morgan fingerprint density at radius 3 is 2.63 bits per heavy atom. The summed E-state index contributed by atoms with van der Waals surface area (Å²) in [6, 6.07) is 4.23. The maximum Gasteiger partial charge on any atom is 0.209 e. The summed E-state index contributed by atoms with van der Waals surface area (Å²) < 4.78 is 5.36. The summed E-state index contributed by atoms with van der Waals surface area (Å²) in [5.74, 6) is 1.25. The molecule has 1 amide bonds. The van der Waals surface area contributed by atoms with Gasteiger partial charge in [-0.15, -0.1) is 0 Å². The van der Waals surface area contributed by atoms with E-state index in [1.165, 1.54) is 5.56 Å². The van der Waals surface area contributed by atoms with Gasteiger partial charge in [0.1, 0.15) is 5.75 Å². The van der Waals surface area contributed by atoms with E-state index in [-0.39, 0.29) is 0 Å². The van der Waals surface area contributed by atoms with E-state index in [4.69, 9.17) is 16.3 Å². The number of carbonyl (C=O) groups is 1. The fourth-order valence-corrected chi connectivity index (χ4v) is 2.98. The number of hydrogen-bond acceptors (Lipinski definition) is 2. The summed E-state index contributed by atoms with van der Waals surface area (Å²) >= 11 is 6.29. The highest BCUT2D eigenvalue weighted by molar-refractivity contribution is 6.32. The topological polar surface area (TPSA) is 29.5 Å². The zero-order chi connectivity index (χ0) is 13.8. The number of aryl methyl sites for hydroxylation is 1. The normalized spacial score (nSPS) is 16.5. The van der Waals surface area contributed by atoms with Crippen LogP contribution in [0.4, 0.5) is 0 Å². The number of carbonyl (C=O) groups excluding carboxylic acids is 1. The van der Waals surface area contributed by atoms with Crippen molar-refractivity contribution in [3.8, 4) is 5.75 Å². The number of rotatable bonds is 4. The molecule has 1 aliphatic heterocycles. The van der Waals surface area contributed by atoms with Crippen LogP contribution in [-0.2, 0) is 11.2 Å². The molecular weight excluding hydrogens is 262 g/mol. The van der Waals surface area contributed by atoms with Crippen molar-refractivity contribution in [2.45, 2.75) is 32.1 Å².